The molecule has 4 rings (SSSR count). The molecule has 0 aliphatic carbocycles. The fourth-order valence-electron chi connectivity index (χ4n) is 3.97. The number of hydrogen-bond donors (Lipinski definition) is 1. The molecule has 1 fully saturated rings. The molecule has 1 saturated heterocycles. The zero-order valence-electron chi connectivity index (χ0n) is 19.9. The Kier molecular flexibility index (Phi) is 6.86. The highest BCUT2D eigenvalue weighted by Gasteiger charge is 2.50. The molecule has 1 N–H and O–H groups in total. The third-order valence-corrected chi connectivity index (χ3v) is 6.27. The molecule has 0 radical (unpaired) electrons. The number of nitriles is 1. The van der Waals surface area contributed by atoms with Crippen molar-refractivity contribution in [2.75, 3.05) is 9.80 Å². The first-order valence-electron chi connectivity index (χ1n) is 11.0. The smallest absolute Gasteiger partial charge is 0.347 e. The number of rotatable bonds is 5. The van der Waals surface area contributed by atoms with Gasteiger partial charge in [-0.15, -0.1) is 0 Å². The Hall–Kier alpha value is -4.44. The highest BCUT2D eigenvalue weighted by molar-refractivity contribution is 7.81. The average molecular weight is 543 g/mol. The first-order chi connectivity index (χ1) is 17.9. The maximum absolute atomic E-state index is 15.0. The van der Waals surface area contributed by atoms with Crippen molar-refractivity contribution in [1.29, 1.82) is 5.26 Å². The fourth-order valence-corrected chi connectivity index (χ4v) is 4.49. The number of aromatic nitrogens is 2. The van der Waals surface area contributed by atoms with Crippen LogP contribution in [0.2, 0.25) is 0 Å². The summed E-state index contributed by atoms with van der Waals surface area (Å²) in [5.74, 6) is -1.87. The molecule has 194 valence electrons. The van der Waals surface area contributed by atoms with E-state index in [9.17, 15) is 22.8 Å². The van der Waals surface area contributed by atoms with E-state index < -0.39 is 40.5 Å². The van der Waals surface area contributed by atoms with Crippen molar-refractivity contribution >= 4 is 40.5 Å². The second-order valence-corrected chi connectivity index (χ2v) is 9.08. The minimum atomic E-state index is -4.83. The number of nitrogens with one attached hydrogen (secondary N) is 1. The molecule has 1 aromatic heterocycles. The lowest BCUT2D eigenvalue weighted by Crippen LogP contribution is -2.44. The van der Waals surface area contributed by atoms with Gasteiger partial charge in [0.05, 0.1) is 22.9 Å². The van der Waals surface area contributed by atoms with E-state index >= 15 is 4.39 Å². The van der Waals surface area contributed by atoms with Gasteiger partial charge < -0.3 is 10.2 Å². The number of benzene rings is 2. The molecule has 1 aliphatic rings. The van der Waals surface area contributed by atoms with Crippen LogP contribution in [0.15, 0.2) is 55.0 Å². The van der Waals surface area contributed by atoms with Gasteiger partial charge in [0.15, 0.2) is 5.11 Å². The molecular weight excluding hydrogens is 524 g/mol. The van der Waals surface area contributed by atoms with Gasteiger partial charge in [0.2, 0.25) is 0 Å². The Morgan fingerprint density at radius 3 is 2.47 bits per heavy atom. The SMILES string of the molecule is CC1(C)C(=O)N(c2ccc(C#N)c(C(F)(F)F)c2)C(=S)N1c1ccc(CNC(=O)c2ccncn2)c(F)c1. The van der Waals surface area contributed by atoms with Crippen LogP contribution in [0.3, 0.4) is 0 Å². The number of anilines is 2. The highest BCUT2D eigenvalue weighted by Crippen LogP contribution is 2.39. The lowest BCUT2D eigenvalue weighted by molar-refractivity contribution is -0.137. The lowest BCUT2D eigenvalue weighted by atomic mass is 10.0. The predicted octanol–water partition coefficient (Wildman–Crippen LogP) is 4.35. The zero-order valence-corrected chi connectivity index (χ0v) is 20.7. The van der Waals surface area contributed by atoms with Crippen molar-refractivity contribution in [3.05, 3.63) is 83.2 Å². The van der Waals surface area contributed by atoms with Crippen LogP contribution in [-0.4, -0.2) is 32.4 Å². The van der Waals surface area contributed by atoms with Gasteiger partial charge in [0.1, 0.15) is 23.4 Å². The third kappa shape index (κ3) is 4.78. The molecule has 0 saturated carbocycles. The molecule has 0 bridgehead atoms. The van der Waals surface area contributed by atoms with E-state index in [2.05, 4.69) is 15.3 Å². The molecule has 13 heteroatoms. The molecule has 8 nitrogen and oxygen atoms in total. The first kappa shape index (κ1) is 26.6. The topological polar surface area (TPSA) is 102 Å². The zero-order chi connectivity index (χ0) is 27.8. The van der Waals surface area contributed by atoms with E-state index in [-0.39, 0.29) is 34.3 Å². The number of thiocarbonyl (C=S) groups is 1. The Morgan fingerprint density at radius 1 is 1.16 bits per heavy atom. The van der Waals surface area contributed by atoms with Crippen LogP contribution < -0.4 is 15.1 Å². The van der Waals surface area contributed by atoms with E-state index in [0.717, 1.165) is 17.0 Å². The van der Waals surface area contributed by atoms with Crippen LogP contribution in [-0.2, 0) is 17.5 Å². The summed E-state index contributed by atoms with van der Waals surface area (Å²) in [4.78, 5) is 35.3. The van der Waals surface area contributed by atoms with E-state index in [4.69, 9.17) is 17.5 Å². The number of hydrogen-bond acceptors (Lipinski definition) is 6. The number of carbonyl (C=O) groups excluding carboxylic acids is 2. The Balaban J connectivity index is 1.62. The molecule has 1 aliphatic heterocycles. The minimum absolute atomic E-state index is 0.108. The van der Waals surface area contributed by atoms with Gasteiger partial charge in [0, 0.05) is 24.0 Å². The van der Waals surface area contributed by atoms with Crippen molar-refractivity contribution in [3.63, 3.8) is 0 Å². The molecule has 2 amide bonds. The number of amides is 2. The standard InChI is InChI=1S/C25H18F4N6O2S/c1-24(2)22(37)34(16-5-3-14(11-30)18(9-16)25(27,28)29)23(38)35(24)17-6-4-15(19(26)10-17)12-32-21(36)20-7-8-31-13-33-20/h3-10,13H,12H2,1-2H3,(H,32,36). The Morgan fingerprint density at radius 2 is 1.87 bits per heavy atom. The summed E-state index contributed by atoms with van der Waals surface area (Å²) in [5.41, 5.74) is -2.92. The summed E-state index contributed by atoms with van der Waals surface area (Å²) in [6, 6.07) is 9.75. The van der Waals surface area contributed by atoms with Crippen LogP contribution in [0.25, 0.3) is 0 Å². The van der Waals surface area contributed by atoms with E-state index in [1.807, 2.05) is 0 Å². The molecule has 0 atom stereocenters. The normalized spacial score (nSPS) is 15.0. The largest absolute Gasteiger partial charge is 0.417 e. The lowest BCUT2D eigenvalue weighted by Gasteiger charge is -2.29. The Bertz CT molecular complexity index is 1490. The van der Waals surface area contributed by atoms with Gasteiger partial charge in [-0.25, -0.2) is 14.4 Å². The molecule has 2 heterocycles. The fraction of sp³-hybridized carbons (Fsp3) is 0.200. The number of halogens is 4. The molecule has 0 unspecified atom stereocenters. The van der Waals surface area contributed by atoms with Gasteiger partial charge in [-0.3, -0.25) is 14.5 Å². The molecule has 3 aromatic rings. The summed E-state index contributed by atoms with van der Waals surface area (Å²) in [6.45, 7) is 2.85. The highest BCUT2D eigenvalue weighted by atomic mass is 32.1. The van der Waals surface area contributed by atoms with Crippen LogP contribution >= 0.6 is 12.2 Å². The van der Waals surface area contributed by atoms with Crippen LogP contribution in [0.4, 0.5) is 28.9 Å². The molecule has 38 heavy (non-hydrogen) atoms. The van der Waals surface area contributed by atoms with E-state index in [1.165, 1.54) is 61.6 Å². The third-order valence-electron chi connectivity index (χ3n) is 5.90. The predicted molar refractivity (Wildman–Crippen MR) is 132 cm³/mol. The van der Waals surface area contributed by atoms with Crippen LogP contribution in [0, 0.1) is 17.1 Å². The maximum atomic E-state index is 15.0. The van der Waals surface area contributed by atoms with E-state index in [1.54, 1.807) is 0 Å². The van der Waals surface area contributed by atoms with Crippen molar-refractivity contribution in [2.24, 2.45) is 0 Å². The van der Waals surface area contributed by atoms with Crippen LogP contribution in [0.5, 0.6) is 0 Å². The first-order valence-corrected chi connectivity index (χ1v) is 11.4. The van der Waals surface area contributed by atoms with Gasteiger partial charge in [-0.1, -0.05) is 6.07 Å². The van der Waals surface area contributed by atoms with Gasteiger partial charge >= 0.3 is 6.18 Å². The number of carbonyl (C=O) groups is 2. The summed E-state index contributed by atoms with van der Waals surface area (Å²) in [6.07, 6.45) is -2.23. The van der Waals surface area contributed by atoms with Crippen molar-refractivity contribution in [2.45, 2.75) is 32.1 Å². The summed E-state index contributed by atoms with van der Waals surface area (Å²) in [5, 5.41) is 11.4. The number of alkyl halides is 3. The van der Waals surface area contributed by atoms with Crippen molar-refractivity contribution in [1.82, 2.24) is 15.3 Å². The monoisotopic (exact) mass is 542 g/mol. The van der Waals surface area contributed by atoms with Gasteiger partial charge in [0.25, 0.3) is 11.8 Å². The second-order valence-electron chi connectivity index (χ2n) is 8.71. The summed E-state index contributed by atoms with van der Waals surface area (Å²) < 4.78 is 55.5. The summed E-state index contributed by atoms with van der Waals surface area (Å²) >= 11 is 5.46. The average Bonchev–Trinajstić information content (AvgIpc) is 3.05. The molecular formula is C25H18F4N6O2S. The van der Waals surface area contributed by atoms with E-state index in [0.29, 0.717) is 6.07 Å². The molecule has 2 aromatic carbocycles. The maximum Gasteiger partial charge on any atom is 0.417 e. The quantitative estimate of drug-likeness (QED) is 0.378. The molecule has 0 spiro atoms. The Labute approximate surface area is 219 Å². The van der Waals surface area contributed by atoms with Gasteiger partial charge in [-0.2, -0.15) is 18.4 Å². The second kappa shape index (κ2) is 9.79. The van der Waals surface area contributed by atoms with Crippen molar-refractivity contribution < 1.29 is 27.2 Å². The van der Waals surface area contributed by atoms with Gasteiger partial charge in [-0.05, 0) is 62.5 Å². The van der Waals surface area contributed by atoms with Crippen LogP contribution in [0.1, 0.15) is 41.0 Å². The summed E-state index contributed by atoms with van der Waals surface area (Å²) in [7, 11) is 0. The van der Waals surface area contributed by atoms with Crippen molar-refractivity contribution in [3.8, 4) is 6.07 Å². The number of nitrogens with zero attached hydrogens (tertiary/aromatic N) is 5. The minimum Gasteiger partial charge on any atom is -0.347 e.